The van der Waals surface area contributed by atoms with E-state index in [1.165, 1.54) is 0 Å². The van der Waals surface area contributed by atoms with Crippen molar-refractivity contribution < 1.29 is 0 Å². The van der Waals surface area contributed by atoms with E-state index in [0.717, 1.165) is 23.1 Å². The van der Waals surface area contributed by atoms with Gasteiger partial charge in [-0.25, -0.2) is 0 Å². The smallest absolute Gasteiger partial charge is 0.0871 e. The van der Waals surface area contributed by atoms with Crippen LogP contribution < -0.4 is 0 Å². The van der Waals surface area contributed by atoms with Gasteiger partial charge >= 0.3 is 0 Å². The van der Waals surface area contributed by atoms with E-state index < -0.39 is 0 Å². The molecule has 0 saturated heterocycles. The third-order valence-corrected chi connectivity index (χ3v) is 3.03. The number of nitriles is 1. The molecule has 1 heterocycles. The number of hydrogen-bond donors (Lipinski definition) is 0. The van der Waals surface area contributed by atoms with Crippen molar-refractivity contribution in [1.82, 2.24) is 9.88 Å². The van der Waals surface area contributed by atoms with E-state index in [-0.39, 0.29) is 0 Å². The maximum absolute atomic E-state index is 8.82. The van der Waals surface area contributed by atoms with Crippen molar-refractivity contribution in [3.63, 3.8) is 0 Å². The van der Waals surface area contributed by atoms with E-state index in [1.54, 1.807) is 0 Å². The second-order valence-electron chi connectivity index (χ2n) is 4.65. The first-order valence-corrected chi connectivity index (χ1v) is 6.16. The lowest BCUT2D eigenvalue weighted by Gasteiger charge is -2.22. The first-order valence-electron chi connectivity index (χ1n) is 6.16. The Hall–Kier alpha value is -1.92. The number of fused-ring (bicyclic) bond motifs is 1. The fourth-order valence-electron chi connectivity index (χ4n) is 1.92. The van der Waals surface area contributed by atoms with Gasteiger partial charge in [0.05, 0.1) is 23.8 Å². The van der Waals surface area contributed by atoms with Gasteiger partial charge in [-0.15, -0.1) is 0 Å². The van der Waals surface area contributed by atoms with Crippen LogP contribution in [0.15, 0.2) is 36.4 Å². The largest absolute Gasteiger partial charge is 0.282 e. The minimum Gasteiger partial charge on any atom is -0.282 e. The minimum absolute atomic E-state index is 0.345. The molecular weight excluding hydrogens is 222 g/mol. The predicted molar refractivity (Wildman–Crippen MR) is 72.9 cm³/mol. The Morgan fingerprint density at radius 1 is 1.22 bits per heavy atom. The molecule has 0 bridgehead atoms. The summed E-state index contributed by atoms with van der Waals surface area (Å²) in [5.41, 5.74) is 2.02. The molecule has 3 heteroatoms. The van der Waals surface area contributed by atoms with Crippen molar-refractivity contribution in [2.45, 2.75) is 26.4 Å². The van der Waals surface area contributed by atoms with Crippen molar-refractivity contribution in [3.8, 4) is 6.07 Å². The number of pyridine rings is 1. The molecule has 0 atom stereocenters. The summed E-state index contributed by atoms with van der Waals surface area (Å²) < 4.78 is 0. The summed E-state index contributed by atoms with van der Waals surface area (Å²) in [5.74, 6) is 0. The Morgan fingerprint density at radius 3 is 2.72 bits per heavy atom. The van der Waals surface area contributed by atoms with Gasteiger partial charge in [0.15, 0.2) is 0 Å². The zero-order valence-corrected chi connectivity index (χ0v) is 10.8. The molecule has 2 aromatic rings. The van der Waals surface area contributed by atoms with Crippen LogP contribution in [0.25, 0.3) is 10.9 Å². The van der Waals surface area contributed by atoms with Gasteiger partial charge in [0.1, 0.15) is 0 Å². The van der Waals surface area contributed by atoms with Gasteiger partial charge in [-0.05, 0) is 26.0 Å². The molecule has 3 nitrogen and oxygen atoms in total. The summed E-state index contributed by atoms with van der Waals surface area (Å²) in [5, 5.41) is 9.97. The highest BCUT2D eigenvalue weighted by atomic mass is 15.1. The second kappa shape index (κ2) is 5.61. The van der Waals surface area contributed by atoms with E-state index in [1.807, 2.05) is 24.3 Å². The summed E-state index contributed by atoms with van der Waals surface area (Å²) >= 11 is 0. The molecule has 0 radical (unpaired) electrons. The van der Waals surface area contributed by atoms with Gasteiger partial charge in [-0.1, -0.05) is 24.3 Å². The molecule has 0 N–H and O–H groups in total. The van der Waals surface area contributed by atoms with Crippen LogP contribution >= 0.6 is 0 Å². The van der Waals surface area contributed by atoms with Crippen LogP contribution in [0.5, 0.6) is 0 Å². The van der Waals surface area contributed by atoms with Gasteiger partial charge in [-0.2, -0.15) is 5.26 Å². The van der Waals surface area contributed by atoms with Crippen molar-refractivity contribution in [1.29, 1.82) is 5.26 Å². The van der Waals surface area contributed by atoms with Crippen LogP contribution in [0, 0.1) is 11.3 Å². The molecule has 0 aliphatic heterocycles. The maximum Gasteiger partial charge on any atom is 0.0871 e. The summed E-state index contributed by atoms with van der Waals surface area (Å²) in [6, 6.07) is 14.8. The highest BCUT2D eigenvalue weighted by Crippen LogP contribution is 2.13. The van der Waals surface area contributed by atoms with Crippen molar-refractivity contribution in [2.75, 3.05) is 6.54 Å². The SMILES string of the molecule is CC(C)N(CC#N)Cc1ccc2ccccc2n1. The zero-order valence-electron chi connectivity index (χ0n) is 10.8. The lowest BCUT2D eigenvalue weighted by molar-refractivity contribution is 0.237. The van der Waals surface area contributed by atoms with Crippen molar-refractivity contribution in [3.05, 3.63) is 42.1 Å². The quantitative estimate of drug-likeness (QED) is 0.770. The van der Waals surface area contributed by atoms with E-state index in [0.29, 0.717) is 12.6 Å². The van der Waals surface area contributed by atoms with Gasteiger partial charge in [-0.3, -0.25) is 9.88 Å². The molecule has 1 aromatic heterocycles. The zero-order chi connectivity index (χ0) is 13.0. The Morgan fingerprint density at radius 2 is 2.00 bits per heavy atom. The first-order chi connectivity index (χ1) is 8.70. The number of para-hydroxylation sites is 1. The molecule has 0 unspecified atom stereocenters. The molecule has 92 valence electrons. The normalized spacial score (nSPS) is 11.1. The molecule has 18 heavy (non-hydrogen) atoms. The second-order valence-corrected chi connectivity index (χ2v) is 4.65. The molecule has 1 aromatic carbocycles. The number of hydrogen-bond acceptors (Lipinski definition) is 3. The predicted octanol–water partition coefficient (Wildman–Crippen LogP) is 2.97. The van der Waals surface area contributed by atoms with Gasteiger partial charge in [0.25, 0.3) is 0 Å². The van der Waals surface area contributed by atoms with Crippen molar-refractivity contribution in [2.24, 2.45) is 0 Å². The van der Waals surface area contributed by atoms with Crippen molar-refractivity contribution >= 4 is 10.9 Å². The molecule has 0 spiro atoms. The standard InChI is InChI=1S/C15H17N3/c1-12(2)18(10-9-16)11-14-8-7-13-5-3-4-6-15(13)17-14/h3-8,12H,10-11H2,1-2H3. The van der Waals surface area contributed by atoms with Crippen LogP contribution in [0.1, 0.15) is 19.5 Å². The molecule has 0 aliphatic carbocycles. The summed E-state index contributed by atoms with van der Waals surface area (Å²) in [4.78, 5) is 6.74. The summed E-state index contributed by atoms with van der Waals surface area (Å²) in [7, 11) is 0. The van der Waals surface area contributed by atoms with Crippen LogP contribution in [0.3, 0.4) is 0 Å². The lowest BCUT2D eigenvalue weighted by Crippen LogP contribution is -2.30. The molecule has 2 rings (SSSR count). The van der Waals surface area contributed by atoms with E-state index in [4.69, 9.17) is 5.26 Å². The number of aromatic nitrogens is 1. The van der Waals surface area contributed by atoms with Gasteiger partial charge in [0.2, 0.25) is 0 Å². The van der Waals surface area contributed by atoms with E-state index >= 15 is 0 Å². The average molecular weight is 239 g/mol. The third kappa shape index (κ3) is 2.85. The number of nitrogens with zero attached hydrogens (tertiary/aromatic N) is 3. The highest BCUT2D eigenvalue weighted by molar-refractivity contribution is 5.78. The molecular formula is C15H17N3. The highest BCUT2D eigenvalue weighted by Gasteiger charge is 2.10. The summed E-state index contributed by atoms with van der Waals surface area (Å²) in [6.07, 6.45) is 0. The molecule has 0 aliphatic rings. The molecule has 0 fully saturated rings. The van der Waals surface area contributed by atoms with E-state index in [9.17, 15) is 0 Å². The Kier molecular flexibility index (Phi) is 3.91. The monoisotopic (exact) mass is 239 g/mol. The van der Waals surface area contributed by atoms with E-state index in [2.05, 4.69) is 41.9 Å². The number of rotatable bonds is 4. The minimum atomic E-state index is 0.345. The first kappa shape index (κ1) is 12.5. The lowest BCUT2D eigenvalue weighted by atomic mass is 10.2. The molecule has 0 saturated carbocycles. The fraction of sp³-hybridized carbons (Fsp3) is 0.333. The third-order valence-electron chi connectivity index (χ3n) is 3.03. The van der Waals surface area contributed by atoms with Crippen LogP contribution in [-0.4, -0.2) is 22.5 Å². The Balaban J connectivity index is 2.23. The van der Waals surface area contributed by atoms with Crippen LogP contribution in [-0.2, 0) is 6.54 Å². The molecule has 0 amide bonds. The average Bonchev–Trinajstić information content (AvgIpc) is 2.38. The van der Waals surface area contributed by atoms with Gasteiger partial charge < -0.3 is 0 Å². The maximum atomic E-state index is 8.82. The van der Waals surface area contributed by atoms with Crippen LogP contribution in [0.4, 0.5) is 0 Å². The van der Waals surface area contributed by atoms with Crippen LogP contribution in [0.2, 0.25) is 0 Å². The Bertz CT molecular complexity index is 569. The topological polar surface area (TPSA) is 39.9 Å². The van der Waals surface area contributed by atoms with Gasteiger partial charge in [0, 0.05) is 18.0 Å². The fourth-order valence-corrected chi connectivity index (χ4v) is 1.92. The Labute approximate surface area is 108 Å². The summed E-state index contributed by atoms with van der Waals surface area (Å²) in [6.45, 7) is 5.35. The number of benzene rings is 1.